The third-order valence-electron chi connectivity index (χ3n) is 2.88. The van der Waals surface area contributed by atoms with Crippen molar-refractivity contribution in [3.63, 3.8) is 0 Å². The second kappa shape index (κ2) is 6.88. The molecule has 0 aliphatic heterocycles. The fraction of sp³-hybridized carbons (Fsp3) is 0.600. The van der Waals surface area contributed by atoms with Gasteiger partial charge in [0.2, 0.25) is 0 Å². The normalized spacial score (nSPS) is 12.1. The zero-order valence-electron chi connectivity index (χ0n) is 11.9. The summed E-state index contributed by atoms with van der Waals surface area (Å²) in [5, 5.41) is 11.0. The number of rotatable bonds is 6. The van der Waals surface area contributed by atoms with E-state index in [-0.39, 0.29) is 5.41 Å². The third-order valence-corrected chi connectivity index (χ3v) is 2.88. The van der Waals surface area contributed by atoms with Gasteiger partial charge in [0, 0.05) is 19.7 Å². The first-order valence-electron chi connectivity index (χ1n) is 6.54. The van der Waals surface area contributed by atoms with E-state index in [0.717, 1.165) is 5.56 Å². The average Bonchev–Trinajstić information content (AvgIpc) is 2.29. The molecule has 102 valence electrons. The van der Waals surface area contributed by atoms with E-state index in [1.165, 1.54) is 10.6 Å². The molecule has 0 unspecified atom stereocenters. The van der Waals surface area contributed by atoms with Crippen LogP contribution in [0, 0.1) is 0 Å². The van der Waals surface area contributed by atoms with Crippen LogP contribution in [-0.2, 0) is 16.7 Å². The highest BCUT2D eigenvalue weighted by molar-refractivity contribution is 5.27. The maximum Gasteiger partial charge on any atom is 0.0616 e. The monoisotopic (exact) mass is 251 g/mol. The minimum Gasteiger partial charge on any atom is -0.380 e. The van der Waals surface area contributed by atoms with Crippen molar-refractivity contribution < 1.29 is 9.94 Å². The molecule has 0 radical (unpaired) electrons. The largest absolute Gasteiger partial charge is 0.380 e. The first-order chi connectivity index (χ1) is 8.43. The third kappa shape index (κ3) is 5.17. The van der Waals surface area contributed by atoms with Gasteiger partial charge in [0.25, 0.3) is 0 Å². The first-order valence-corrected chi connectivity index (χ1v) is 6.54. The SMILES string of the molecule is CCOCCN(O)Cc1ccc(C(C)(C)C)cc1. The molecule has 0 atom stereocenters. The number of benzene rings is 1. The van der Waals surface area contributed by atoms with E-state index < -0.39 is 0 Å². The summed E-state index contributed by atoms with van der Waals surface area (Å²) in [6, 6.07) is 8.41. The van der Waals surface area contributed by atoms with Gasteiger partial charge in [-0.05, 0) is 23.5 Å². The molecule has 1 N–H and O–H groups in total. The maximum absolute atomic E-state index is 9.71. The fourth-order valence-electron chi connectivity index (χ4n) is 1.71. The maximum atomic E-state index is 9.71. The molecule has 3 heteroatoms. The van der Waals surface area contributed by atoms with Gasteiger partial charge in [-0.1, -0.05) is 45.0 Å². The molecule has 0 saturated heterocycles. The van der Waals surface area contributed by atoms with Crippen molar-refractivity contribution in [1.82, 2.24) is 5.06 Å². The highest BCUT2D eigenvalue weighted by atomic mass is 16.5. The van der Waals surface area contributed by atoms with Gasteiger partial charge in [-0.15, -0.1) is 0 Å². The minimum absolute atomic E-state index is 0.173. The molecule has 1 aromatic rings. The number of nitrogens with zero attached hydrogens (tertiary/aromatic N) is 1. The number of hydrogen-bond acceptors (Lipinski definition) is 3. The van der Waals surface area contributed by atoms with Crippen LogP contribution in [0.3, 0.4) is 0 Å². The molecule has 18 heavy (non-hydrogen) atoms. The lowest BCUT2D eigenvalue weighted by molar-refractivity contribution is -0.111. The minimum atomic E-state index is 0.173. The predicted molar refractivity (Wildman–Crippen MR) is 73.8 cm³/mol. The zero-order valence-corrected chi connectivity index (χ0v) is 11.9. The van der Waals surface area contributed by atoms with Crippen LogP contribution >= 0.6 is 0 Å². The van der Waals surface area contributed by atoms with Crippen molar-refractivity contribution in [2.45, 2.75) is 39.7 Å². The van der Waals surface area contributed by atoms with Crippen LogP contribution in [0.2, 0.25) is 0 Å². The van der Waals surface area contributed by atoms with Crippen LogP contribution in [0.5, 0.6) is 0 Å². The highest BCUT2D eigenvalue weighted by Gasteiger charge is 2.13. The summed E-state index contributed by atoms with van der Waals surface area (Å²) in [4.78, 5) is 0. The number of ether oxygens (including phenoxy) is 1. The topological polar surface area (TPSA) is 32.7 Å². The molecular weight excluding hydrogens is 226 g/mol. The Bertz CT molecular complexity index is 341. The Morgan fingerprint density at radius 1 is 1.17 bits per heavy atom. The van der Waals surface area contributed by atoms with Gasteiger partial charge in [-0.3, -0.25) is 0 Å². The summed E-state index contributed by atoms with van der Waals surface area (Å²) in [6.07, 6.45) is 0. The Morgan fingerprint density at radius 2 is 1.78 bits per heavy atom. The van der Waals surface area contributed by atoms with Crippen molar-refractivity contribution in [3.8, 4) is 0 Å². The summed E-state index contributed by atoms with van der Waals surface area (Å²) in [5.41, 5.74) is 2.60. The lowest BCUT2D eigenvalue weighted by atomic mass is 9.87. The Labute approximate surface area is 110 Å². The Balaban J connectivity index is 2.48. The first kappa shape index (κ1) is 15.2. The molecule has 0 saturated carbocycles. The summed E-state index contributed by atoms with van der Waals surface area (Å²) < 4.78 is 5.20. The molecule has 0 heterocycles. The summed E-state index contributed by atoms with van der Waals surface area (Å²) in [5.74, 6) is 0. The molecule has 0 aromatic heterocycles. The van der Waals surface area contributed by atoms with Gasteiger partial charge < -0.3 is 9.94 Å². The Kier molecular flexibility index (Phi) is 5.79. The Morgan fingerprint density at radius 3 is 2.28 bits per heavy atom. The van der Waals surface area contributed by atoms with Crippen molar-refractivity contribution >= 4 is 0 Å². The molecule has 0 aliphatic carbocycles. The molecule has 0 amide bonds. The second-order valence-corrected chi connectivity index (χ2v) is 5.53. The van der Waals surface area contributed by atoms with Gasteiger partial charge in [0.05, 0.1) is 6.61 Å². The van der Waals surface area contributed by atoms with Gasteiger partial charge in [-0.2, -0.15) is 5.06 Å². The zero-order chi connectivity index (χ0) is 13.6. The van der Waals surface area contributed by atoms with Crippen molar-refractivity contribution in [2.75, 3.05) is 19.8 Å². The standard InChI is InChI=1S/C15H25NO2/c1-5-18-11-10-16(17)12-13-6-8-14(9-7-13)15(2,3)4/h6-9,17H,5,10-12H2,1-4H3. The van der Waals surface area contributed by atoms with Crippen molar-refractivity contribution in [2.24, 2.45) is 0 Å². The second-order valence-electron chi connectivity index (χ2n) is 5.53. The van der Waals surface area contributed by atoms with Crippen LogP contribution in [0.1, 0.15) is 38.8 Å². The van der Waals surface area contributed by atoms with E-state index >= 15 is 0 Å². The van der Waals surface area contributed by atoms with Crippen LogP contribution in [0.4, 0.5) is 0 Å². The molecular formula is C15H25NO2. The molecule has 1 rings (SSSR count). The summed E-state index contributed by atoms with van der Waals surface area (Å²) >= 11 is 0. The molecule has 0 aliphatic rings. The van der Waals surface area contributed by atoms with Crippen LogP contribution in [-0.4, -0.2) is 30.0 Å². The molecule has 0 bridgehead atoms. The van der Waals surface area contributed by atoms with E-state index in [9.17, 15) is 5.21 Å². The smallest absolute Gasteiger partial charge is 0.0616 e. The van der Waals surface area contributed by atoms with E-state index in [1.807, 2.05) is 6.92 Å². The number of hydrogen-bond donors (Lipinski definition) is 1. The highest BCUT2D eigenvalue weighted by Crippen LogP contribution is 2.22. The summed E-state index contributed by atoms with van der Waals surface area (Å²) in [7, 11) is 0. The van der Waals surface area contributed by atoms with E-state index in [0.29, 0.717) is 26.3 Å². The molecule has 0 fully saturated rings. The molecule has 1 aromatic carbocycles. The van der Waals surface area contributed by atoms with Crippen LogP contribution < -0.4 is 0 Å². The lowest BCUT2D eigenvalue weighted by Gasteiger charge is -2.20. The number of hydroxylamine groups is 2. The van der Waals surface area contributed by atoms with E-state index in [4.69, 9.17) is 4.74 Å². The van der Waals surface area contributed by atoms with E-state index in [2.05, 4.69) is 45.0 Å². The summed E-state index contributed by atoms with van der Waals surface area (Å²) in [6.45, 7) is 10.9. The predicted octanol–water partition coefficient (Wildman–Crippen LogP) is 3.21. The van der Waals surface area contributed by atoms with Gasteiger partial charge >= 0.3 is 0 Å². The van der Waals surface area contributed by atoms with Gasteiger partial charge in [0.1, 0.15) is 0 Å². The van der Waals surface area contributed by atoms with Gasteiger partial charge in [-0.25, -0.2) is 0 Å². The Hall–Kier alpha value is -0.900. The van der Waals surface area contributed by atoms with Crippen LogP contribution in [0.15, 0.2) is 24.3 Å². The van der Waals surface area contributed by atoms with Gasteiger partial charge in [0.15, 0.2) is 0 Å². The lowest BCUT2D eigenvalue weighted by Crippen LogP contribution is -2.23. The average molecular weight is 251 g/mol. The van der Waals surface area contributed by atoms with Crippen molar-refractivity contribution in [3.05, 3.63) is 35.4 Å². The molecule has 0 spiro atoms. The quantitative estimate of drug-likeness (QED) is 0.622. The van der Waals surface area contributed by atoms with Crippen LogP contribution in [0.25, 0.3) is 0 Å². The fourth-order valence-corrected chi connectivity index (χ4v) is 1.71. The van der Waals surface area contributed by atoms with Crippen molar-refractivity contribution in [1.29, 1.82) is 0 Å². The molecule has 3 nitrogen and oxygen atoms in total. The van der Waals surface area contributed by atoms with E-state index in [1.54, 1.807) is 0 Å².